The molecular weight excluding hydrogens is 414 g/mol. The van der Waals surface area contributed by atoms with Gasteiger partial charge in [0.25, 0.3) is 0 Å². The van der Waals surface area contributed by atoms with Gasteiger partial charge in [-0.2, -0.15) is 5.10 Å². The molecule has 0 spiro atoms. The summed E-state index contributed by atoms with van der Waals surface area (Å²) in [6, 6.07) is 12.1. The van der Waals surface area contributed by atoms with Crippen LogP contribution in [-0.4, -0.2) is 50.4 Å². The molecule has 7 heteroatoms. The Morgan fingerprint density at radius 3 is 2.67 bits per heavy atom. The van der Waals surface area contributed by atoms with Crippen molar-refractivity contribution in [2.75, 3.05) is 13.1 Å². The van der Waals surface area contributed by atoms with E-state index < -0.39 is 0 Å². The van der Waals surface area contributed by atoms with Crippen LogP contribution in [0.4, 0.5) is 0 Å². The number of amides is 2. The maximum absolute atomic E-state index is 12.8. The van der Waals surface area contributed by atoms with Gasteiger partial charge in [0.2, 0.25) is 11.8 Å². The van der Waals surface area contributed by atoms with Gasteiger partial charge in [0, 0.05) is 48.9 Å². The molecule has 7 nitrogen and oxygen atoms in total. The third-order valence-corrected chi connectivity index (χ3v) is 6.39. The van der Waals surface area contributed by atoms with Gasteiger partial charge < -0.3 is 10.2 Å². The number of fused-ring (bicyclic) bond motifs is 1. The Labute approximate surface area is 195 Å². The van der Waals surface area contributed by atoms with Crippen LogP contribution >= 0.6 is 0 Å². The highest BCUT2D eigenvalue weighted by atomic mass is 16.2. The number of nitrogens with zero attached hydrogens (tertiary/aromatic N) is 4. The molecule has 2 amide bonds. The molecule has 0 saturated carbocycles. The fourth-order valence-electron chi connectivity index (χ4n) is 4.65. The number of aryl methyl sites for hydroxylation is 2. The summed E-state index contributed by atoms with van der Waals surface area (Å²) in [6.07, 6.45) is 2.42. The van der Waals surface area contributed by atoms with Gasteiger partial charge in [-0.1, -0.05) is 30.3 Å². The summed E-state index contributed by atoms with van der Waals surface area (Å²) in [7, 11) is 0. The predicted molar refractivity (Wildman–Crippen MR) is 128 cm³/mol. The van der Waals surface area contributed by atoms with Crippen LogP contribution in [-0.2, 0) is 22.4 Å². The van der Waals surface area contributed by atoms with Gasteiger partial charge in [0.15, 0.2) is 5.65 Å². The Kier molecular flexibility index (Phi) is 6.77. The standard InChI is InChI=1S/C26H33N5O2/c1-17(2)27-25(32)11-10-22-18(3)28-24-15-23(29-31(24)19(22)4)21-12-13-30(16-21)26(33)14-20-8-6-5-7-9-20/h5-9,15,17,21H,10-14,16H2,1-4H3,(H,27,32). The number of hydrogen-bond donors (Lipinski definition) is 1. The number of hydrogen-bond acceptors (Lipinski definition) is 4. The molecule has 0 bridgehead atoms. The van der Waals surface area contributed by atoms with E-state index in [2.05, 4.69) is 5.32 Å². The summed E-state index contributed by atoms with van der Waals surface area (Å²) in [6.45, 7) is 9.41. The Morgan fingerprint density at radius 2 is 1.94 bits per heavy atom. The summed E-state index contributed by atoms with van der Waals surface area (Å²) in [5.74, 6) is 0.433. The summed E-state index contributed by atoms with van der Waals surface area (Å²) in [4.78, 5) is 31.6. The molecule has 1 aromatic carbocycles. The largest absolute Gasteiger partial charge is 0.354 e. The fraction of sp³-hybridized carbons (Fsp3) is 0.462. The Balaban J connectivity index is 1.46. The van der Waals surface area contributed by atoms with Crippen molar-refractivity contribution < 1.29 is 9.59 Å². The van der Waals surface area contributed by atoms with Crippen LogP contribution in [0.5, 0.6) is 0 Å². The molecule has 1 saturated heterocycles. The lowest BCUT2D eigenvalue weighted by atomic mass is 10.1. The van der Waals surface area contributed by atoms with Crippen LogP contribution in [0.25, 0.3) is 5.65 Å². The van der Waals surface area contributed by atoms with E-state index in [9.17, 15) is 9.59 Å². The first-order valence-corrected chi connectivity index (χ1v) is 11.8. The zero-order valence-corrected chi connectivity index (χ0v) is 20.0. The van der Waals surface area contributed by atoms with Crippen molar-refractivity contribution in [2.45, 2.75) is 65.3 Å². The fourth-order valence-corrected chi connectivity index (χ4v) is 4.65. The minimum absolute atomic E-state index is 0.0521. The molecule has 1 fully saturated rings. The molecule has 1 atom stereocenters. The monoisotopic (exact) mass is 447 g/mol. The van der Waals surface area contributed by atoms with Crippen molar-refractivity contribution in [1.82, 2.24) is 24.8 Å². The van der Waals surface area contributed by atoms with E-state index in [-0.39, 0.29) is 23.8 Å². The van der Waals surface area contributed by atoms with Gasteiger partial charge >= 0.3 is 0 Å². The molecule has 174 valence electrons. The number of benzene rings is 1. The smallest absolute Gasteiger partial charge is 0.227 e. The number of carbonyl (C=O) groups is 2. The normalized spacial score (nSPS) is 16.0. The Hall–Kier alpha value is -3.22. The number of likely N-dealkylation sites (tertiary alicyclic amines) is 1. The lowest BCUT2D eigenvalue weighted by molar-refractivity contribution is -0.129. The number of aromatic nitrogens is 3. The quantitative estimate of drug-likeness (QED) is 0.602. The number of nitrogens with one attached hydrogen (secondary N) is 1. The van der Waals surface area contributed by atoms with Crippen molar-refractivity contribution in [2.24, 2.45) is 0 Å². The minimum atomic E-state index is 0.0521. The van der Waals surface area contributed by atoms with Crippen LogP contribution < -0.4 is 5.32 Å². The van der Waals surface area contributed by atoms with E-state index in [0.29, 0.717) is 25.8 Å². The van der Waals surface area contributed by atoms with Gasteiger partial charge in [-0.15, -0.1) is 0 Å². The van der Waals surface area contributed by atoms with Crippen LogP contribution in [0.15, 0.2) is 36.4 Å². The Bertz CT molecular complexity index is 1150. The van der Waals surface area contributed by atoms with Crippen LogP contribution in [0, 0.1) is 13.8 Å². The summed E-state index contributed by atoms with van der Waals surface area (Å²) in [5, 5.41) is 7.81. The molecule has 4 rings (SSSR count). The van der Waals surface area contributed by atoms with Crippen molar-refractivity contribution in [3.05, 3.63) is 64.6 Å². The lowest BCUT2D eigenvalue weighted by Crippen LogP contribution is -2.30. The van der Waals surface area contributed by atoms with Gasteiger partial charge in [-0.3, -0.25) is 9.59 Å². The molecule has 1 aliphatic rings. The first-order valence-electron chi connectivity index (χ1n) is 11.8. The van der Waals surface area contributed by atoms with E-state index in [0.717, 1.165) is 46.8 Å². The van der Waals surface area contributed by atoms with Gasteiger partial charge in [-0.05, 0) is 51.7 Å². The molecule has 3 aromatic rings. The molecule has 1 N–H and O–H groups in total. The lowest BCUT2D eigenvalue weighted by Gasteiger charge is -2.16. The Morgan fingerprint density at radius 1 is 1.18 bits per heavy atom. The van der Waals surface area contributed by atoms with Crippen LogP contribution in [0.2, 0.25) is 0 Å². The second kappa shape index (κ2) is 9.73. The van der Waals surface area contributed by atoms with E-state index in [1.165, 1.54) is 0 Å². The van der Waals surface area contributed by atoms with Crippen LogP contribution in [0.1, 0.15) is 60.8 Å². The zero-order valence-electron chi connectivity index (χ0n) is 20.0. The van der Waals surface area contributed by atoms with Crippen molar-refractivity contribution in [1.29, 1.82) is 0 Å². The van der Waals surface area contributed by atoms with Crippen LogP contribution in [0.3, 0.4) is 0 Å². The highest BCUT2D eigenvalue weighted by Crippen LogP contribution is 2.28. The highest BCUT2D eigenvalue weighted by molar-refractivity contribution is 5.79. The zero-order chi connectivity index (χ0) is 23.5. The average molecular weight is 448 g/mol. The van der Waals surface area contributed by atoms with E-state index in [1.807, 2.05) is 73.5 Å². The SMILES string of the molecule is Cc1nc2cc(C3CCN(C(=O)Cc4ccccc4)C3)nn2c(C)c1CCC(=O)NC(C)C. The third-order valence-electron chi connectivity index (χ3n) is 6.39. The molecule has 0 aliphatic carbocycles. The maximum atomic E-state index is 12.8. The number of carbonyl (C=O) groups excluding carboxylic acids is 2. The van der Waals surface area contributed by atoms with E-state index >= 15 is 0 Å². The first-order chi connectivity index (χ1) is 15.8. The summed E-state index contributed by atoms with van der Waals surface area (Å²) < 4.78 is 1.90. The topological polar surface area (TPSA) is 79.6 Å². The third kappa shape index (κ3) is 5.24. The average Bonchev–Trinajstić information content (AvgIpc) is 3.41. The summed E-state index contributed by atoms with van der Waals surface area (Å²) >= 11 is 0. The van der Waals surface area contributed by atoms with Crippen molar-refractivity contribution in [3.63, 3.8) is 0 Å². The van der Waals surface area contributed by atoms with E-state index in [4.69, 9.17) is 10.1 Å². The predicted octanol–water partition coefficient (Wildman–Crippen LogP) is 3.36. The van der Waals surface area contributed by atoms with Gasteiger partial charge in [0.1, 0.15) is 0 Å². The highest BCUT2D eigenvalue weighted by Gasteiger charge is 2.29. The van der Waals surface area contributed by atoms with Gasteiger partial charge in [-0.25, -0.2) is 9.50 Å². The van der Waals surface area contributed by atoms with Gasteiger partial charge in [0.05, 0.1) is 12.1 Å². The maximum Gasteiger partial charge on any atom is 0.227 e. The first kappa shape index (κ1) is 23.0. The molecule has 33 heavy (non-hydrogen) atoms. The molecule has 3 heterocycles. The molecule has 1 aliphatic heterocycles. The molecule has 0 radical (unpaired) electrons. The second-order valence-corrected chi connectivity index (χ2v) is 9.31. The molecular formula is C26H33N5O2. The molecule has 2 aromatic heterocycles. The van der Waals surface area contributed by atoms with E-state index in [1.54, 1.807) is 0 Å². The van der Waals surface area contributed by atoms with Crippen molar-refractivity contribution >= 4 is 17.5 Å². The van der Waals surface area contributed by atoms with Crippen molar-refractivity contribution in [3.8, 4) is 0 Å². The minimum Gasteiger partial charge on any atom is -0.354 e. The number of rotatable bonds is 7. The second-order valence-electron chi connectivity index (χ2n) is 9.31. The molecule has 1 unspecified atom stereocenters. The summed E-state index contributed by atoms with van der Waals surface area (Å²) in [5.41, 5.74) is 5.89.